The molecule has 6 heteroatoms. The molecule has 1 aromatic heterocycles. The van der Waals surface area contributed by atoms with Gasteiger partial charge in [0, 0.05) is 23.7 Å². The molecule has 1 amide bonds. The molecular formula is C21H17N3O2S. The van der Waals surface area contributed by atoms with E-state index < -0.39 is 5.37 Å². The minimum Gasteiger partial charge on any atom is -0.291 e. The highest BCUT2D eigenvalue weighted by atomic mass is 32.2. The standard InChI is InChI=1S/C21H17N3O2S/c1-13-12-17(15-8-4-3-5-9-15)23-21(22-13)27-20-19(26)16-10-6-7-11-18(16)24(20)14(2)25/h3-12,20H,1-2H3. The molecule has 134 valence electrons. The quantitative estimate of drug-likeness (QED) is 0.645. The predicted molar refractivity (Wildman–Crippen MR) is 106 cm³/mol. The second-order valence-corrected chi connectivity index (χ2v) is 7.33. The molecule has 0 spiro atoms. The Kier molecular flexibility index (Phi) is 4.49. The molecule has 1 atom stereocenters. The monoisotopic (exact) mass is 375 g/mol. The number of hydrogen-bond donors (Lipinski definition) is 0. The van der Waals surface area contributed by atoms with Crippen LogP contribution in [0.5, 0.6) is 0 Å². The predicted octanol–water partition coefficient (Wildman–Crippen LogP) is 4.12. The minimum absolute atomic E-state index is 0.0998. The van der Waals surface area contributed by atoms with E-state index in [9.17, 15) is 9.59 Å². The number of Topliss-reactive ketones (excluding diaryl/α,β-unsaturated/α-hetero) is 1. The Morgan fingerprint density at radius 2 is 1.74 bits per heavy atom. The van der Waals surface area contributed by atoms with E-state index in [-0.39, 0.29) is 11.7 Å². The molecule has 2 heterocycles. The van der Waals surface area contributed by atoms with Crippen LogP contribution < -0.4 is 4.90 Å². The summed E-state index contributed by atoms with van der Waals surface area (Å²) in [5.74, 6) is -0.279. The first-order valence-corrected chi connectivity index (χ1v) is 9.43. The van der Waals surface area contributed by atoms with Gasteiger partial charge in [-0.25, -0.2) is 9.97 Å². The number of fused-ring (bicyclic) bond motifs is 1. The van der Waals surface area contributed by atoms with E-state index in [0.717, 1.165) is 17.0 Å². The van der Waals surface area contributed by atoms with E-state index in [1.165, 1.54) is 23.6 Å². The van der Waals surface area contributed by atoms with Crippen LogP contribution in [0.15, 0.2) is 65.8 Å². The summed E-state index contributed by atoms with van der Waals surface area (Å²) in [6.45, 7) is 3.36. The molecule has 0 bridgehead atoms. The molecule has 5 nitrogen and oxygen atoms in total. The second-order valence-electron chi connectivity index (χ2n) is 6.28. The smallest absolute Gasteiger partial charge is 0.225 e. The fraction of sp³-hybridized carbons (Fsp3) is 0.143. The number of nitrogens with zero attached hydrogens (tertiary/aromatic N) is 3. The Balaban J connectivity index is 1.71. The van der Waals surface area contributed by atoms with Crippen LogP contribution in [0, 0.1) is 6.92 Å². The van der Waals surface area contributed by atoms with Gasteiger partial charge in [-0.2, -0.15) is 0 Å². The van der Waals surface area contributed by atoms with E-state index in [0.29, 0.717) is 16.4 Å². The third kappa shape index (κ3) is 3.24. The summed E-state index contributed by atoms with van der Waals surface area (Å²) in [5, 5.41) is -0.211. The molecule has 0 radical (unpaired) electrons. The Hall–Kier alpha value is -2.99. The van der Waals surface area contributed by atoms with Crippen LogP contribution in [0.1, 0.15) is 23.0 Å². The van der Waals surface area contributed by atoms with Crippen LogP contribution in [0.4, 0.5) is 5.69 Å². The maximum Gasteiger partial charge on any atom is 0.225 e. The van der Waals surface area contributed by atoms with Crippen molar-refractivity contribution >= 4 is 29.1 Å². The lowest BCUT2D eigenvalue weighted by Crippen LogP contribution is -2.36. The normalized spacial score (nSPS) is 15.7. The first-order valence-electron chi connectivity index (χ1n) is 8.55. The molecule has 27 heavy (non-hydrogen) atoms. The number of thioether (sulfide) groups is 1. The zero-order chi connectivity index (χ0) is 19.0. The molecule has 3 aromatic rings. The summed E-state index contributed by atoms with van der Waals surface area (Å²) in [5.41, 5.74) is 3.78. The maximum atomic E-state index is 12.9. The molecule has 0 saturated heterocycles. The van der Waals surface area contributed by atoms with Gasteiger partial charge in [0.05, 0.1) is 11.4 Å². The summed E-state index contributed by atoms with van der Waals surface area (Å²) in [7, 11) is 0. The molecular weight excluding hydrogens is 358 g/mol. The minimum atomic E-state index is -0.690. The lowest BCUT2D eigenvalue weighted by molar-refractivity contribution is -0.116. The number of anilines is 1. The van der Waals surface area contributed by atoms with Crippen molar-refractivity contribution in [3.8, 4) is 11.3 Å². The van der Waals surface area contributed by atoms with Crippen LogP contribution in [-0.4, -0.2) is 27.0 Å². The van der Waals surface area contributed by atoms with Gasteiger partial charge < -0.3 is 0 Å². The van der Waals surface area contributed by atoms with Crippen LogP contribution in [0.25, 0.3) is 11.3 Å². The van der Waals surface area contributed by atoms with Gasteiger partial charge in [-0.15, -0.1) is 0 Å². The summed E-state index contributed by atoms with van der Waals surface area (Å²) < 4.78 is 0. The Morgan fingerprint density at radius 1 is 1.04 bits per heavy atom. The lowest BCUT2D eigenvalue weighted by atomic mass is 10.1. The van der Waals surface area contributed by atoms with Crippen LogP contribution in [-0.2, 0) is 4.79 Å². The van der Waals surface area contributed by atoms with Crippen LogP contribution in [0.3, 0.4) is 0 Å². The van der Waals surface area contributed by atoms with Crippen molar-refractivity contribution in [1.82, 2.24) is 9.97 Å². The molecule has 2 aromatic carbocycles. The molecule has 1 aliphatic rings. The molecule has 1 unspecified atom stereocenters. The average Bonchev–Trinajstić information content (AvgIpc) is 2.94. The number of benzene rings is 2. The van der Waals surface area contributed by atoms with E-state index in [1.54, 1.807) is 18.2 Å². The number of carbonyl (C=O) groups excluding carboxylic acids is 2. The first-order chi connectivity index (χ1) is 13.0. The molecule has 4 rings (SSSR count). The third-order valence-corrected chi connectivity index (χ3v) is 5.39. The Bertz CT molecular complexity index is 1040. The van der Waals surface area contributed by atoms with Crippen LogP contribution >= 0.6 is 11.8 Å². The molecule has 0 fully saturated rings. The summed E-state index contributed by atoms with van der Waals surface area (Å²) in [6, 6.07) is 18.9. The van der Waals surface area contributed by atoms with E-state index in [1.807, 2.05) is 49.4 Å². The summed E-state index contributed by atoms with van der Waals surface area (Å²) in [6.07, 6.45) is 0. The van der Waals surface area contributed by atoms with E-state index in [2.05, 4.69) is 9.97 Å². The molecule has 1 aliphatic heterocycles. The van der Waals surface area contributed by atoms with E-state index >= 15 is 0 Å². The van der Waals surface area contributed by atoms with Gasteiger partial charge in [-0.3, -0.25) is 14.5 Å². The largest absolute Gasteiger partial charge is 0.291 e. The SMILES string of the molecule is CC(=O)N1c2ccccc2C(=O)C1Sc1nc(C)cc(-c2ccccc2)n1. The van der Waals surface area contributed by atoms with Gasteiger partial charge in [0.25, 0.3) is 0 Å². The van der Waals surface area contributed by atoms with Gasteiger partial charge >= 0.3 is 0 Å². The second kappa shape index (κ2) is 6.96. The number of para-hydroxylation sites is 1. The molecule has 0 N–H and O–H groups in total. The summed E-state index contributed by atoms with van der Waals surface area (Å²) >= 11 is 1.21. The number of ketones is 1. The average molecular weight is 375 g/mol. The van der Waals surface area contributed by atoms with Gasteiger partial charge in [0.15, 0.2) is 16.3 Å². The first kappa shape index (κ1) is 17.4. The number of amides is 1. The van der Waals surface area contributed by atoms with Crippen LogP contribution in [0.2, 0.25) is 0 Å². The maximum absolute atomic E-state index is 12.9. The van der Waals surface area contributed by atoms with Crippen molar-refractivity contribution < 1.29 is 9.59 Å². The molecule has 0 saturated carbocycles. The molecule has 0 aliphatic carbocycles. The fourth-order valence-electron chi connectivity index (χ4n) is 3.16. The summed E-state index contributed by atoms with van der Waals surface area (Å²) in [4.78, 5) is 35.7. The Morgan fingerprint density at radius 3 is 2.48 bits per heavy atom. The number of hydrogen-bond acceptors (Lipinski definition) is 5. The lowest BCUT2D eigenvalue weighted by Gasteiger charge is -2.21. The highest BCUT2D eigenvalue weighted by molar-refractivity contribution is 8.00. The number of aryl methyl sites for hydroxylation is 1. The highest BCUT2D eigenvalue weighted by Gasteiger charge is 2.40. The van der Waals surface area contributed by atoms with Gasteiger partial charge in [-0.1, -0.05) is 54.2 Å². The van der Waals surface area contributed by atoms with Crippen molar-refractivity contribution in [3.63, 3.8) is 0 Å². The van der Waals surface area contributed by atoms with Crippen molar-refractivity contribution in [2.75, 3.05) is 4.90 Å². The van der Waals surface area contributed by atoms with Crippen molar-refractivity contribution in [1.29, 1.82) is 0 Å². The number of aromatic nitrogens is 2. The van der Waals surface area contributed by atoms with Gasteiger partial charge in [0.1, 0.15) is 0 Å². The zero-order valence-corrected chi connectivity index (χ0v) is 15.7. The van der Waals surface area contributed by atoms with Crippen molar-refractivity contribution in [2.24, 2.45) is 0 Å². The number of carbonyl (C=O) groups is 2. The number of rotatable bonds is 3. The van der Waals surface area contributed by atoms with Crippen molar-refractivity contribution in [2.45, 2.75) is 24.4 Å². The van der Waals surface area contributed by atoms with Gasteiger partial charge in [-0.05, 0) is 25.1 Å². The zero-order valence-electron chi connectivity index (χ0n) is 14.9. The fourth-order valence-corrected chi connectivity index (χ4v) is 4.31. The highest BCUT2D eigenvalue weighted by Crippen LogP contribution is 2.39. The topological polar surface area (TPSA) is 63.2 Å². The third-order valence-electron chi connectivity index (χ3n) is 4.35. The van der Waals surface area contributed by atoms with Gasteiger partial charge in [0.2, 0.25) is 5.91 Å². The van der Waals surface area contributed by atoms with E-state index in [4.69, 9.17) is 0 Å². The van der Waals surface area contributed by atoms with Crippen molar-refractivity contribution in [3.05, 3.63) is 71.9 Å². The Labute approximate surface area is 161 Å².